The molecule has 5 nitrogen and oxygen atoms in total. The van der Waals surface area contributed by atoms with Crippen LogP contribution in [0.3, 0.4) is 0 Å². The Balaban J connectivity index is 1.56. The summed E-state index contributed by atoms with van der Waals surface area (Å²) >= 11 is 0. The van der Waals surface area contributed by atoms with E-state index in [1.54, 1.807) is 4.90 Å². The summed E-state index contributed by atoms with van der Waals surface area (Å²) in [6.45, 7) is 8.43. The van der Waals surface area contributed by atoms with Gasteiger partial charge in [0.25, 0.3) is 0 Å². The molecule has 0 saturated carbocycles. The standard InChI is InChI=1S/C23H32N2O3/c1-16-10-13-24(14-11-16)23(28)20-5-4-12-25(20)22(27)9-8-21(26)19-7-6-17(2)18(3)15-19/h6-7,15-16,20H,4-5,8-14H2,1-3H3. The van der Waals surface area contributed by atoms with Gasteiger partial charge in [-0.25, -0.2) is 0 Å². The van der Waals surface area contributed by atoms with Crippen molar-refractivity contribution < 1.29 is 14.4 Å². The van der Waals surface area contributed by atoms with E-state index >= 15 is 0 Å². The Bertz CT molecular complexity index is 750. The molecule has 2 fully saturated rings. The summed E-state index contributed by atoms with van der Waals surface area (Å²) in [5.41, 5.74) is 2.89. The Morgan fingerprint density at radius 2 is 1.68 bits per heavy atom. The molecule has 2 aliphatic rings. The molecular formula is C23H32N2O3. The lowest BCUT2D eigenvalue weighted by atomic mass is 9.98. The molecule has 3 rings (SSSR count). The van der Waals surface area contributed by atoms with Crippen LogP contribution in [0.4, 0.5) is 0 Å². The monoisotopic (exact) mass is 384 g/mol. The average molecular weight is 385 g/mol. The van der Waals surface area contributed by atoms with Crippen LogP contribution < -0.4 is 0 Å². The van der Waals surface area contributed by atoms with Crippen LogP contribution in [0.1, 0.15) is 66.9 Å². The lowest BCUT2D eigenvalue weighted by Gasteiger charge is -2.34. The van der Waals surface area contributed by atoms with Crippen LogP contribution >= 0.6 is 0 Å². The zero-order valence-corrected chi connectivity index (χ0v) is 17.4. The number of nitrogens with zero attached hydrogens (tertiary/aromatic N) is 2. The maximum atomic E-state index is 12.9. The van der Waals surface area contributed by atoms with Gasteiger partial charge in [0.05, 0.1) is 0 Å². The number of hydrogen-bond donors (Lipinski definition) is 0. The van der Waals surface area contributed by atoms with Gasteiger partial charge in [0.1, 0.15) is 6.04 Å². The van der Waals surface area contributed by atoms with Crippen LogP contribution in [0.15, 0.2) is 18.2 Å². The molecule has 1 aromatic rings. The molecule has 0 radical (unpaired) electrons. The number of Topliss-reactive ketones (excluding diaryl/α,β-unsaturated/α-hetero) is 1. The third-order valence-corrected chi connectivity index (χ3v) is 6.35. The highest BCUT2D eigenvalue weighted by molar-refractivity contribution is 5.98. The van der Waals surface area contributed by atoms with E-state index in [9.17, 15) is 14.4 Å². The van der Waals surface area contributed by atoms with E-state index in [2.05, 4.69) is 6.92 Å². The summed E-state index contributed by atoms with van der Waals surface area (Å²) in [6, 6.07) is 5.33. The first-order chi connectivity index (χ1) is 13.4. The second-order valence-electron chi connectivity index (χ2n) is 8.48. The Kier molecular flexibility index (Phi) is 6.53. The Morgan fingerprint density at radius 1 is 0.964 bits per heavy atom. The van der Waals surface area contributed by atoms with Crippen LogP contribution in [-0.4, -0.2) is 53.1 Å². The second-order valence-corrected chi connectivity index (χ2v) is 8.48. The minimum atomic E-state index is -0.336. The van der Waals surface area contributed by atoms with Crippen molar-refractivity contribution in [3.05, 3.63) is 34.9 Å². The molecule has 5 heteroatoms. The van der Waals surface area contributed by atoms with E-state index in [0.29, 0.717) is 18.0 Å². The van der Waals surface area contributed by atoms with E-state index in [4.69, 9.17) is 0 Å². The van der Waals surface area contributed by atoms with Crippen molar-refractivity contribution >= 4 is 17.6 Å². The number of rotatable bonds is 5. The molecule has 0 aliphatic carbocycles. The molecule has 0 aromatic heterocycles. The summed E-state index contributed by atoms with van der Waals surface area (Å²) < 4.78 is 0. The third kappa shape index (κ3) is 4.62. The second kappa shape index (κ2) is 8.89. The maximum Gasteiger partial charge on any atom is 0.245 e. The molecule has 0 N–H and O–H groups in total. The summed E-state index contributed by atoms with van der Waals surface area (Å²) in [5, 5.41) is 0. The summed E-state index contributed by atoms with van der Waals surface area (Å²) in [6.07, 6.45) is 4.04. The molecule has 28 heavy (non-hydrogen) atoms. The molecule has 1 unspecified atom stereocenters. The van der Waals surface area contributed by atoms with Gasteiger partial charge >= 0.3 is 0 Å². The van der Waals surface area contributed by atoms with Gasteiger partial charge in [-0.2, -0.15) is 0 Å². The normalized spacial score (nSPS) is 20.5. The predicted octanol–water partition coefficient (Wildman–Crippen LogP) is 3.52. The first-order valence-corrected chi connectivity index (χ1v) is 10.6. The van der Waals surface area contributed by atoms with Gasteiger partial charge < -0.3 is 9.80 Å². The number of amides is 2. The summed E-state index contributed by atoms with van der Waals surface area (Å²) in [4.78, 5) is 41.8. The lowest BCUT2D eigenvalue weighted by molar-refractivity contribution is -0.144. The fourth-order valence-corrected chi connectivity index (χ4v) is 4.18. The zero-order valence-electron chi connectivity index (χ0n) is 17.4. The zero-order chi connectivity index (χ0) is 20.3. The lowest BCUT2D eigenvalue weighted by Crippen LogP contribution is -2.49. The van der Waals surface area contributed by atoms with E-state index in [1.165, 1.54) is 0 Å². The first-order valence-electron chi connectivity index (χ1n) is 10.6. The molecule has 1 aromatic carbocycles. The van der Waals surface area contributed by atoms with E-state index in [0.717, 1.165) is 49.9 Å². The fraction of sp³-hybridized carbons (Fsp3) is 0.609. The van der Waals surface area contributed by atoms with Gasteiger partial charge in [-0.15, -0.1) is 0 Å². The fourth-order valence-electron chi connectivity index (χ4n) is 4.18. The molecule has 2 aliphatic heterocycles. The van der Waals surface area contributed by atoms with Crippen molar-refractivity contribution in [2.24, 2.45) is 5.92 Å². The van der Waals surface area contributed by atoms with Crippen molar-refractivity contribution in [1.29, 1.82) is 0 Å². The molecule has 152 valence electrons. The molecule has 2 saturated heterocycles. The van der Waals surface area contributed by atoms with E-state index in [-0.39, 0.29) is 36.5 Å². The number of ketones is 1. The minimum absolute atomic E-state index is 0.0106. The predicted molar refractivity (Wildman–Crippen MR) is 109 cm³/mol. The van der Waals surface area contributed by atoms with Gasteiger partial charge in [-0.1, -0.05) is 19.1 Å². The Labute approximate surface area is 168 Å². The number of likely N-dealkylation sites (tertiary alicyclic amines) is 2. The van der Waals surface area contributed by atoms with Gasteiger partial charge in [0.2, 0.25) is 11.8 Å². The summed E-state index contributed by atoms with van der Waals surface area (Å²) in [7, 11) is 0. The van der Waals surface area contributed by atoms with Crippen LogP contribution in [0, 0.1) is 19.8 Å². The number of carbonyl (C=O) groups excluding carboxylic acids is 3. The van der Waals surface area contributed by atoms with Gasteiger partial charge in [0, 0.05) is 38.0 Å². The van der Waals surface area contributed by atoms with Gasteiger partial charge in [-0.05, 0) is 62.6 Å². The molecule has 1 atom stereocenters. The number of aryl methyl sites for hydroxylation is 2. The average Bonchev–Trinajstić information content (AvgIpc) is 3.18. The Hall–Kier alpha value is -2.17. The number of hydrogen-bond acceptors (Lipinski definition) is 3. The van der Waals surface area contributed by atoms with Crippen LogP contribution in [0.5, 0.6) is 0 Å². The van der Waals surface area contributed by atoms with Gasteiger partial charge in [0.15, 0.2) is 5.78 Å². The van der Waals surface area contributed by atoms with E-state index < -0.39 is 0 Å². The quantitative estimate of drug-likeness (QED) is 0.730. The third-order valence-electron chi connectivity index (χ3n) is 6.35. The highest BCUT2D eigenvalue weighted by atomic mass is 16.2. The minimum Gasteiger partial charge on any atom is -0.341 e. The first kappa shape index (κ1) is 20.6. The largest absolute Gasteiger partial charge is 0.341 e. The van der Waals surface area contributed by atoms with Crippen molar-refractivity contribution in [1.82, 2.24) is 9.80 Å². The van der Waals surface area contributed by atoms with Gasteiger partial charge in [-0.3, -0.25) is 14.4 Å². The van der Waals surface area contributed by atoms with Crippen molar-refractivity contribution in [2.75, 3.05) is 19.6 Å². The molecule has 0 bridgehead atoms. The number of benzene rings is 1. The molecule has 2 heterocycles. The maximum absolute atomic E-state index is 12.9. The highest BCUT2D eigenvalue weighted by Crippen LogP contribution is 2.24. The SMILES string of the molecule is Cc1ccc(C(=O)CCC(=O)N2CCCC2C(=O)N2CCC(C)CC2)cc1C. The smallest absolute Gasteiger partial charge is 0.245 e. The topological polar surface area (TPSA) is 57.7 Å². The highest BCUT2D eigenvalue weighted by Gasteiger charge is 2.37. The molecule has 2 amide bonds. The van der Waals surface area contributed by atoms with Crippen LogP contribution in [0.2, 0.25) is 0 Å². The molecular weight excluding hydrogens is 352 g/mol. The van der Waals surface area contributed by atoms with Crippen molar-refractivity contribution in [2.45, 2.75) is 65.3 Å². The van der Waals surface area contributed by atoms with Crippen molar-refractivity contribution in [3.8, 4) is 0 Å². The van der Waals surface area contributed by atoms with Crippen LogP contribution in [-0.2, 0) is 9.59 Å². The Morgan fingerprint density at radius 3 is 2.36 bits per heavy atom. The van der Waals surface area contributed by atoms with E-state index in [1.807, 2.05) is 36.9 Å². The summed E-state index contributed by atoms with van der Waals surface area (Å²) in [5.74, 6) is 0.682. The van der Waals surface area contributed by atoms with Crippen LogP contribution in [0.25, 0.3) is 0 Å². The number of piperidine rings is 1. The molecule has 0 spiro atoms. The number of carbonyl (C=O) groups is 3. The van der Waals surface area contributed by atoms with Crippen molar-refractivity contribution in [3.63, 3.8) is 0 Å².